The molecule has 2 N–H and O–H groups in total. The summed E-state index contributed by atoms with van der Waals surface area (Å²) in [5.41, 5.74) is -0.194. The maximum atomic E-state index is 11.7. The molecule has 1 aromatic heterocycles. The second kappa shape index (κ2) is 7.33. The van der Waals surface area contributed by atoms with Crippen LogP contribution in [0, 0.1) is 5.92 Å². The molecule has 0 aliphatic heterocycles. The van der Waals surface area contributed by atoms with Crippen molar-refractivity contribution in [3.63, 3.8) is 0 Å². The van der Waals surface area contributed by atoms with Crippen LogP contribution in [-0.2, 0) is 4.79 Å². The second-order valence-electron chi connectivity index (χ2n) is 4.84. The fourth-order valence-corrected chi connectivity index (χ4v) is 2.94. The summed E-state index contributed by atoms with van der Waals surface area (Å²) in [5, 5.41) is 3.44. The van der Waals surface area contributed by atoms with E-state index in [4.69, 9.17) is 0 Å². The molecule has 0 radical (unpaired) electrons. The van der Waals surface area contributed by atoms with E-state index in [0.717, 1.165) is 6.54 Å². The van der Waals surface area contributed by atoms with E-state index < -0.39 is 0 Å². The summed E-state index contributed by atoms with van der Waals surface area (Å²) < 4.78 is 0. The molecule has 0 saturated heterocycles. The van der Waals surface area contributed by atoms with E-state index in [9.17, 15) is 9.59 Å². The van der Waals surface area contributed by atoms with Gasteiger partial charge in [0.1, 0.15) is 0 Å². The molecule has 6 heteroatoms. The highest BCUT2D eigenvalue weighted by Crippen LogP contribution is 2.22. The number of aromatic amines is 1. The quantitative estimate of drug-likeness (QED) is 0.634. The lowest BCUT2D eigenvalue weighted by Crippen LogP contribution is -2.31. The van der Waals surface area contributed by atoms with Gasteiger partial charge in [0.15, 0.2) is 5.16 Å². The molecule has 1 fully saturated rings. The number of amides is 1. The van der Waals surface area contributed by atoms with Crippen molar-refractivity contribution in [3.05, 3.63) is 22.6 Å². The molecule has 1 aromatic rings. The average molecular weight is 281 g/mol. The van der Waals surface area contributed by atoms with Gasteiger partial charge in [0, 0.05) is 18.8 Å². The Kier molecular flexibility index (Phi) is 5.44. The standard InChI is InChI=1S/C13H19N3O2S/c17-11-6-7-14-13(16-11)19-9-12(18)15-8-10-4-2-1-3-5-10/h6-7,10H,1-5,8-9H2,(H,15,18)(H,14,16,17). The van der Waals surface area contributed by atoms with Crippen LogP contribution < -0.4 is 10.9 Å². The number of nitrogens with zero attached hydrogens (tertiary/aromatic N) is 1. The zero-order chi connectivity index (χ0) is 13.5. The van der Waals surface area contributed by atoms with E-state index in [-0.39, 0.29) is 11.5 Å². The summed E-state index contributed by atoms with van der Waals surface area (Å²) in [6.45, 7) is 0.776. The maximum Gasteiger partial charge on any atom is 0.251 e. The lowest BCUT2D eigenvalue weighted by Gasteiger charge is -2.21. The van der Waals surface area contributed by atoms with Gasteiger partial charge in [-0.2, -0.15) is 0 Å². The third kappa shape index (κ3) is 5.06. The highest BCUT2D eigenvalue weighted by Gasteiger charge is 2.14. The monoisotopic (exact) mass is 281 g/mol. The van der Waals surface area contributed by atoms with Crippen molar-refractivity contribution in [3.8, 4) is 0 Å². The number of thioether (sulfide) groups is 1. The van der Waals surface area contributed by atoms with E-state index in [1.165, 1.54) is 56.1 Å². The van der Waals surface area contributed by atoms with Gasteiger partial charge >= 0.3 is 0 Å². The summed E-state index contributed by atoms with van der Waals surface area (Å²) >= 11 is 1.25. The molecule has 0 unspecified atom stereocenters. The normalized spacial score (nSPS) is 16.2. The summed E-state index contributed by atoms with van der Waals surface area (Å²) in [6.07, 6.45) is 7.78. The summed E-state index contributed by atoms with van der Waals surface area (Å²) in [7, 11) is 0. The first-order valence-electron chi connectivity index (χ1n) is 6.69. The van der Waals surface area contributed by atoms with Gasteiger partial charge in [-0.1, -0.05) is 31.0 Å². The predicted octanol–water partition coefficient (Wildman–Crippen LogP) is 1.56. The zero-order valence-corrected chi connectivity index (χ0v) is 11.7. The van der Waals surface area contributed by atoms with E-state index >= 15 is 0 Å². The highest BCUT2D eigenvalue weighted by atomic mass is 32.2. The van der Waals surface area contributed by atoms with Crippen LogP contribution in [0.4, 0.5) is 0 Å². The van der Waals surface area contributed by atoms with E-state index in [2.05, 4.69) is 15.3 Å². The van der Waals surface area contributed by atoms with Gasteiger partial charge in [-0.15, -0.1) is 0 Å². The Morgan fingerprint density at radius 3 is 2.95 bits per heavy atom. The molecule has 0 atom stereocenters. The second-order valence-corrected chi connectivity index (χ2v) is 5.80. The number of carbonyl (C=O) groups is 1. The van der Waals surface area contributed by atoms with E-state index in [1.54, 1.807) is 0 Å². The van der Waals surface area contributed by atoms with Crippen molar-refractivity contribution in [2.24, 2.45) is 5.92 Å². The van der Waals surface area contributed by atoms with Gasteiger partial charge in [0.2, 0.25) is 5.91 Å². The molecule has 1 amide bonds. The van der Waals surface area contributed by atoms with Crippen LogP contribution in [-0.4, -0.2) is 28.2 Å². The van der Waals surface area contributed by atoms with Crippen LogP contribution in [0.2, 0.25) is 0 Å². The van der Waals surface area contributed by atoms with Crippen molar-refractivity contribution in [2.45, 2.75) is 37.3 Å². The fourth-order valence-electron chi connectivity index (χ4n) is 2.26. The largest absolute Gasteiger partial charge is 0.355 e. The van der Waals surface area contributed by atoms with Crippen LogP contribution >= 0.6 is 11.8 Å². The number of nitrogens with one attached hydrogen (secondary N) is 2. The molecule has 1 aliphatic rings. The molecule has 5 nitrogen and oxygen atoms in total. The lowest BCUT2D eigenvalue weighted by atomic mass is 9.89. The SMILES string of the molecule is O=C(CSc1nccc(=O)[nH]1)NCC1CCCCC1. The van der Waals surface area contributed by atoms with E-state index in [0.29, 0.717) is 16.8 Å². The molecular formula is C13H19N3O2S. The van der Waals surface area contributed by atoms with Gasteiger partial charge in [-0.3, -0.25) is 9.59 Å². The first kappa shape index (κ1) is 14.1. The average Bonchev–Trinajstić information content (AvgIpc) is 2.44. The number of carbonyl (C=O) groups excluding carboxylic acids is 1. The van der Waals surface area contributed by atoms with Crippen LogP contribution in [0.5, 0.6) is 0 Å². The van der Waals surface area contributed by atoms with Gasteiger partial charge in [-0.25, -0.2) is 4.98 Å². The molecule has 1 saturated carbocycles. The van der Waals surface area contributed by atoms with Crippen LogP contribution in [0.1, 0.15) is 32.1 Å². The van der Waals surface area contributed by atoms with Gasteiger partial charge in [0.25, 0.3) is 5.56 Å². The number of aromatic nitrogens is 2. The Hall–Kier alpha value is -1.30. The number of rotatable bonds is 5. The minimum absolute atomic E-state index is 0.00192. The molecule has 1 heterocycles. The molecular weight excluding hydrogens is 262 g/mol. The Labute approximate surface area is 116 Å². The molecule has 19 heavy (non-hydrogen) atoms. The molecule has 1 aliphatic carbocycles. The van der Waals surface area contributed by atoms with Gasteiger partial charge in [0.05, 0.1) is 5.75 Å². The first-order valence-corrected chi connectivity index (χ1v) is 7.67. The Morgan fingerprint density at radius 2 is 2.21 bits per heavy atom. The molecule has 0 spiro atoms. The van der Waals surface area contributed by atoms with Gasteiger partial charge in [-0.05, 0) is 18.8 Å². The maximum absolute atomic E-state index is 11.7. The van der Waals surface area contributed by atoms with Crippen molar-refractivity contribution >= 4 is 17.7 Å². The minimum Gasteiger partial charge on any atom is -0.355 e. The van der Waals surface area contributed by atoms with Crippen molar-refractivity contribution in [1.82, 2.24) is 15.3 Å². The molecule has 2 rings (SSSR count). The number of H-pyrrole nitrogens is 1. The Balaban J connectivity index is 1.68. The lowest BCUT2D eigenvalue weighted by molar-refractivity contribution is -0.118. The highest BCUT2D eigenvalue weighted by molar-refractivity contribution is 7.99. The van der Waals surface area contributed by atoms with E-state index in [1.807, 2.05) is 0 Å². The Bertz CT molecular complexity index is 469. The Morgan fingerprint density at radius 1 is 1.42 bits per heavy atom. The predicted molar refractivity (Wildman–Crippen MR) is 75.2 cm³/mol. The third-order valence-corrected chi connectivity index (χ3v) is 4.19. The van der Waals surface area contributed by atoms with Crippen LogP contribution in [0.15, 0.2) is 22.2 Å². The number of hydrogen-bond acceptors (Lipinski definition) is 4. The smallest absolute Gasteiger partial charge is 0.251 e. The van der Waals surface area contributed by atoms with Gasteiger partial charge < -0.3 is 10.3 Å². The van der Waals surface area contributed by atoms with Crippen LogP contribution in [0.3, 0.4) is 0 Å². The third-order valence-electron chi connectivity index (χ3n) is 3.30. The summed E-state index contributed by atoms with van der Waals surface area (Å²) in [5.74, 6) is 0.930. The van der Waals surface area contributed by atoms with Crippen molar-refractivity contribution in [2.75, 3.05) is 12.3 Å². The first-order chi connectivity index (χ1) is 9.24. The summed E-state index contributed by atoms with van der Waals surface area (Å²) in [4.78, 5) is 29.3. The molecule has 0 bridgehead atoms. The molecule has 104 valence electrons. The topological polar surface area (TPSA) is 74.8 Å². The van der Waals surface area contributed by atoms with Crippen molar-refractivity contribution in [1.29, 1.82) is 0 Å². The number of hydrogen-bond donors (Lipinski definition) is 2. The fraction of sp³-hybridized carbons (Fsp3) is 0.615. The zero-order valence-electron chi connectivity index (χ0n) is 10.9. The summed E-state index contributed by atoms with van der Waals surface area (Å²) in [6, 6.07) is 1.35. The minimum atomic E-state index is -0.194. The van der Waals surface area contributed by atoms with Crippen LogP contribution in [0.25, 0.3) is 0 Å². The van der Waals surface area contributed by atoms with Crippen molar-refractivity contribution < 1.29 is 4.79 Å². The molecule has 0 aromatic carbocycles.